The molecule has 76 valence electrons. The second-order valence-electron chi connectivity index (χ2n) is 3.27. The Labute approximate surface area is 87.7 Å². The normalized spacial score (nSPS) is 13.5. The van der Waals surface area contributed by atoms with Gasteiger partial charge in [-0.3, -0.25) is 4.79 Å². The van der Waals surface area contributed by atoms with E-state index in [0.29, 0.717) is 17.8 Å². The summed E-state index contributed by atoms with van der Waals surface area (Å²) < 4.78 is 5.03. The van der Waals surface area contributed by atoms with E-state index in [2.05, 4.69) is 11.9 Å². The number of anilines is 1. The molecule has 0 aromatic heterocycles. The van der Waals surface area contributed by atoms with Crippen molar-refractivity contribution < 1.29 is 14.5 Å². The smallest absolute Gasteiger partial charge is 0.423 e. The maximum absolute atomic E-state index is 11.0. The van der Waals surface area contributed by atoms with Gasteiger partial charge in [0, 0.05) is 5.69 Å². The number of carbonyl (C=O) groups excluding carboxylic acids is 1. The number of amides is 1. The fourth-order valence-electron chi connectivity index (χ4n) is 1.49. The molecule has 0 radical (unpaired) electrons. The number of hydrogen-bond acceptors (Lipinski definition) is 3. The number of hydrogen-bond donors (Lipinski definition) is 2. The van der Waals surface area contributed by atoms with Crippen molar-refractivity contribution in [3.8, 4) is 0 Å². The van der Waals surface area contributed by atoms with Crippen molar-refractivity contribution in [2.24, 2.45) is 0 Å². The first-order chi connectivity index (χ1) is 7.20. The van der Waals surface area contributed by atoms with Gasteiger partial charge in [-0.1, -0.05) is 12.6 Å². The highest BCUT2D eigenvalue weighted by Crippen LogP contribution is 2.14. The van der Waals surface area contributed by atoms with Gasteiger partial charge in [0.05, 0.1) is 6.61 Å². The number of benzene rings is 1. The minimum atomic E-state index is -0.888. The van der Waals surface area contributed by atoms with E-state index in [0.717, 1.165) is 5.56 Å². The highest BCUT2D eigenvalue weighted by Gasteiger charge is 2.27. The molecule has 0 saturated heterocycles. The van der Waals surface area contributed by atoms with E-state index in [9.17, 15) is 9.82 Å². The number of nitrogens with one attached hydrogen (secondary N) is 1. The predicted octanol–water partition coefficient (Wildman–Crippen LogP) is 0.0288. The van der Waals surface area contributed by atoms with E-state index in [-0.39, 0.29) is 5.91 Å². The fourth-order valence-corrected chi connectivity index (χ4v) is 1.49. The molecule has 2 N–H and O–H groups in total. The second-order valence-corrected chi connectivity index (χ2v) is 3.27. The third kappa shape index (κ3) is 1.93. The van der Waals surface area contributed by atoms with Gasteiger partial charge in [-0.15, -0.1) is 0 Å². The zero-order chi connectivity index (χ0) is 10.8. The van der Waals surface area contributed by atoms with Gasteiger partial charge in [0.2, 0.25) is 5.91 Å². The van der Waals surface area contributed by atoms with Crippen LogP contribution in [-0.2, 0) is 16.1 Å². The Hall–Kier alpha value is -1.59. The molecule has 1 amide bonds. The molecule has 0 unspecified atom stereocenters. The van der Waals surface area contributed by atoms with E-state index >= 15 is 0 Å². The maximum atomic E-state index is 11.0. The summed E-state index contributed by atoms with van der Waals surface area (Å²) in [6, 6.07) is 5.29. The average molecular weight is 203 g/mol. The van der Waals surface area contributed by atoms with Gasteiger partial charge in [0.15, 0.2) is 0 Å². The average Bonchev–Trinajstić information content (AvgIpc) is 2.60. The molecule has 0 fully saturated rings. The van der Waals surface area contributed by atoms with Crippen LogP contribution in [0.1, 0.15) is 5.56 Å². The summed E-state index contributed by atoms with van der Waals surface area (Å²) in [6.45, 7) is 3.77. The van der Waals surface area contributed by atoms with Gasteiger partial charge in [-0.2, -0.15) is 0 Å². The molecular weight excluding hydrogens is 193 g/mol. The van der Waals surface area contributed by atoms with Gasteiger partial charge in [0.1, 0.15) is 0 Å². The van der Waals surface area contributed by atoms with Gasteiger partial charge >= 0.3 is 7.12 Å². The summed E-state index contributed by atoms with van der Waals surface area (Å²) in [5, 5.41) is 12.1. The van der Waals surface area contributed by atoms with Gasteiger partial charge < -0.3 is 15.0 Å². The van der Waals surface area contributed by atoms with Gasteiger partial charge in [-0.05, 0) is 29.2 Å². The van der Waals surface area contributed by atoms with E-state index in [1.165, 1.54) is 6.08 Å². The quantitative estimate of drug-likeness (QED) is 0.526. The lowest BCUT2D eigenvalue weighted by Crippen LogP contribution is -2.28. The molecular formula is C10H10BNO3. The minimum absolute atomic E-state index is 0.275. The Kier molecular flexibility index (Phi) is 2.57. The predicted molar refractivity (Wildman–Crippen MR) is 57.7 cm³/mol. The first-order valence-electron chi connectivity index (χ1n) is 4.56. The number of fused-ring (bicyclic) bond motifs is 1. The van der Waals surface area contributed by atoms with Crippen molar-refractivity contribution >= 4 is 24.2 Å². The van der Waals surface area contributed by atoms with Crippen LogP contribution in [0.25, 0.3) is 0 Å². The van der Waals surface area contributed by atoms with Crippen molar-refractivity contribution in [3.05, 3.63) is 36.4 Å². The number of rotatable bonds is 2. The van der Waals surface area contributed by atoms with Gasteiger partial charge in [-0.25, -0.2) is 0 Å². The van der Waals surface area contributed by atoms with Crippen molar-refractivity contribution in [2.75, 3.05) is 5.32 Å². The Morgan fingerprint density at radius 2 is 2.47 bits per heavy atom. The zero-order valence-corrected chi connectivity index (χ0v) is 8.06. The molecule has 0 saturated carbocycles. The Morgan fingerprint density at radius 1 is 1.67 bits per heavy atom. The van der Waals surface area contributed by atoms with Crippen molar-refractivity contribution in [1.82, 2.24) is 0 Å². The van der Waals surface area contributed by atoms with Crippen LogP contribution < -0.4 is 10.8 Å². The lowest BCUT2D eigenvalue weighted by Gasteiger charge is -2.04. The van der Waals surface area contributed by atoms with Gasteiger partial charge in [0.25, 0.3) is 0 Å². The first kappa shape index (κ1) is 9.95. The van der Waals surface area contributed by atoms with Crippen LogP contribution in [0.3, 0.4) is 0 Å². The standard InChI is InChI=1S/C10H10BNO3/c1-2-10(13)12-8-4-3-7-6-15-11(14)9(7)5-8/h2-5,14H,1,6H2,(H,12,13). The maximum Gasteiger partial charge on any atom is 0.491 e. The molecule has 1 aromatic carbocycles. The summed E-state index contributed by atoms with van der Waals surface area (Å²) in [5.41, 5.74) is 2.28. The molecule has 0 aliphatic carbocycles. The Balaban J connectivity index is 2.25. The molecule has 1 aliphatic heterocycles. The summed E-state index contributed by atoms with van der Waals surface area (Å²) in [5.74, 6) is -0.275. The topological polar surface area (TPSA) is 58.6 Å². The van der Waals surface area contributed by atoms with E-state index in [1.54, 1.807) is 12.1 Å². The highest BCUT2D eigenvalue weighted by atomic mass is 16.5. The van der Waals surface area contributed by atoms with Crippen LogP contribution in [0.5, 0.6) is 0 Å². The third-order valence-corrected chi connectivity index (χ3v) is 2.26. The van der Waals surface area contributed by atoms with E-state index in [1.807, 2.05) is 6.07 Å². The summed E-state index contributed by atoms with van der Waals surface area (Å²) >= 11 is 0. The lowest BCUT2D eigenvalue weighted by molar-refractivity contribution is -0.111. The molecule has 1 aliphatic rings. The summed E-state index contributed by atoms with van der Waals surface area (Å²) in [7, 11) is -0.888. The minimum Gasteiger partial charge on any atom is -0.423 e. The lowest BCUT2D eigenvalue weighted by atomic mass is 9.79. The third-order valence-electron chi connectivity index (χ3n) is 2.26. The first-order valence-corrected chi connectivity index (χ1v) is 4.56. The van der Waals surface area contributed by atoms with Crippen LogP contribution in [0.4, 0.5) is 5.69 Å². The molecule has 5 heteroatoms. The molecule has 15 heavy (non-hydrogen) atoms. The van der Waals surface area contributed by atoms with Crippen LogP contribution in [0.15, 0.2) is 30.9 Å². The molecule has 0 atom stereocenters. The summed E-state index contributed by atoms with van der Waals surface area (Å²) in [6.07, 6.45) is 1.19. The van der Waals surface area contributed by atoms with Crippen molar-refractivity contribution in [1.29, 1.82) is 0 Å². The molecule has 4 nitrogen and oxygen atoms in total. The molecule has 1 heterocycles. The second kappa shape index (κ2) is 3.88. The van der Waals surface area contributed by atoms with Crippen molar-refractivity contribution in [3.63, 3.8) is 0 Å². The SMILES string of the molecule is C=CC(=O)Nc1ccc2c(c1)B(O)OC2. The van der Waals surface area contributed by atoms with Crippen LogP contribution in [-0.4, -0.2) is 18.0 Å². The Morgan fingerprint density at radius 3 is 3.20 bits per heavy atom. The van der Waals surface area contributed by atoms with E-state index in [4.69, 9.17) is 4.65 Å². The highest BCUT2D eigenvalue weighted by molar-refractivity contribution is 6.61. The number of carbonyl (C=O) groups is 1. The fraction of sp³-hybridized carbons (Fsp3) is 0.100. The van der Waals surface area contributed by atoms with Crippen LogP contribution >= 0.6 is 0 Å². The molecule has 0 spiro atoms. The molecule has 2 rings (SSSR count). The largest absolute Gasteiger partial charge is 0.491 e. The molecule has 1 aromatic rings. The van der Waals surface area contributed by atoms with Crippen molar-refractivity contribution in [2.45, 2.75) is 6.61 Å². The monoisotopic (exact) mass is 203 g/mol. The summed E-state index contributed by atoms with van der Waals surface area (Å²) in [4.78, 5) is 11.0. The zero-order valence-electron chi connectivity index (χ0n) is 8.06. The van der Waals surface area contributed by atoms with Crippen LogP contribution in [0, 0.1) is 0 Å². The molecule has 0 bridgehead atoms. The van der Waals surface area contributed by atoms with Crippen LogP contribution in [0.2, 0.25) is 0 Å². The van der Waals surface area contributed by atoms with E-state index < -0.39 is 7.12 Å². The Bertz CT molecular complexity index is 419.